The topological polar surface area (TPSA) is 26.3 Å². The minimum atomic E-state index is -4.36. The van der Waals surface area contributed by atoms with Gasteiger partial charge in [0, 0.05) is 34.9 Å². The molecule has 0 aliphatic rings. The Hall–Kier alpha value is -9.99. The molecule has 514 valence electrons. The molecule has 0 saturated carbocycles. The van der Waals surface area contributed by atoms with Crippen molar-refractivity contribution in [3.05, 3.63) is 424 Å². The van der Waals surface area contributed by atoms with E-state index in [1.54, 1.807) is 25.1 Å². The predicted octanol–water partition coefficient (Wildman–Crippen LogP) is 26.9. The van der Waals surface area contributed by atoms with Crippen LogP contribution in [0.5, 0.6) is 11.5 Å². The molecule has 0 aromatic heterocycles. The van der Waals surface area contributed by atoms with Crippen molar-refractivity contribution < 1.29 is 22.7 Å². The molecule has 15 aromatic carbocycles. The van der Waals surface area contributed by atoms with Gasteiger partial charge in [-0.3, -0.25) is 4.79 Å². The van der Waals surface area contributed by atoms with Crippen LogP contribution in [-0.2, 0) is 49.8 Å². The summed E-state index contributed by atoms with van der Waals surface area (Å²) in [4.78, 5) is 32.7. The quantitative estimate of drug-likeness (QED) is 0.0528. The summed E-state index contributed by atoms with van der Waals surface area (Å²) in [7, 11) is -0.703. The summed E-state index contributed by atoms with van der Waals surface area (Å²) in [6.07, 6.45) is -4.36. The average molecular weight is 1500 g/mol. The van der Waals surface area contributed by atoms with Crippen LogP contribution in [-0.4, -0.2) is 5.78 Å². The highest BCUT2D eigenvalue weighted by molar-refractivity contribution is 8.00. The van der Waals surface area contributed by atoms with Crippen molar-refractivity contribution in [2.45, 2.75) is 101 Å². The number of carbonyl (C=O) groups is 1. The summed E-state index contributed by atoms with van der Waals surface area (Å²) >= 11 is 4.76. The van der Waals surface area contributed by atoms with E-state index in [4.69, 9.17) is 4.74 Å². The van der Waals surface area contributed by atoms with E-state index in [-0.39, 0.29) is 54.3 Å². The maximum absolute atomic E-state index is 13.3. The van der Waals surface area contributed by atoms with Gasteiger partial charge >= 0.3 is 6.18 Å². The van der Waals surface area contributed by atoms with Gasteiger partial charge in [0.1, 0.15) is 11.5 Å². The van der Waals surface area contributed by atoms with Gasteiger partial charge in [0.25, 0.3) is 0 Å². The Bertz CT molecular complexity index is 4830. The van der Waals surface area contributed by atoms with Crippen LogP contribution in [0.15, 0.2) is 501 Å². The molecule has 0 fully saturated rings. The number of rotatable bonds is 21. The van der Waals surface area contributed by atoms with Crippen LogP contribution >= 0.6 is 35.3 Å². The predicted molar refractivity (Wildman–Crippen MR) is 433 cm³/mol. The lowest BCUT2D eigenvalue weighted by Crippen LogP contribution is -2.06. The zero-order chi connectivity index (χ0) is 72.0. The number of Topliss-reactive ketones (excluding diaryl/α,β-unsaturated/α-hetero) is 1. The Kier molecular flexibility index (Phi) is 25.6. The van der Waals surface area contributed by atoms with E-state index in [0.29, 0.717) is 11.3 Å². The molecule has 0 bridgehead atoms. The number of hydrogen-bond acceptors (Lipinski definition) is 5. The second kappa shape index (κ2) is 36.6. The molecule has 0 amide bonds. The highest BCUT2D eigenvalue weighted by Gasteiger charge is 2.35. The Morgan fingerprint density at radius 3 is 0.695 bits per heavy atom. The summed E-state index contributed by atoms with van der Waals surface area (Å²) in [6, 6.07) is 141. The minimum absolute atomic E-state index is 0.0507. The molecule has 0 aliphatic carbocycles. The maximum Gasteiger partial charge on any atom is 0.417 e. The molecule has 105 heavy (non-hydrogen) atoms. The third-order valence-corrected chi connectivity index (χ3v) is 28.3. The maximum atomic E-state index is 13.3. The van der Waals surface area contributed by atoms with Gasteiger partial charge in [-0.15, -0.1) is 0 Å². The van der Waals surface area contributed by atoms with Crippen LogP contribution in [0.2, 0.25) is 0 Å². The first-order valence-corrected chi connectivity index (χ1v) is 41.2. The summed E-state index contributed by atoms with van der Waals surface area (Å²) < 4.78 is 45.8. The second-order valence-electron chi connectivity index (χ2n) is 23.6. The largest absolute Gasteiger partial charge is 0.457 e. The number of benzene rings is 15. The van der Waals surface area contributed by atoms with E-state index >= 15 is 0 Å². The van der Waals surface area contributed by atoms with E-state index < -0.39 is 11.7 Å². The molecule has 0 heterocycles. The van der Waals surface area contributed by atoms with Crippen molar-refractivity contribution in [3.63, 3.8) is 0 Å². The number of ether oxygens (including phenoxy) is 1. The van der Waals surface area contributed by atoms with E-state index in [1.807, 2.05) is 121 Å². The van der Waals surface area contributed by atoms with Crippen LogP contribution in [0.3, 0.4) is 0 Å². The standard InChI is InChI=1S/C42H32S4.C26H21O2S.C25H18F3S2/c1-5-13-37(14-6-1)45(38-15-7-2-8-16-38)41-29-25-35(26-30-41)43-33-21-23-34(24-22-33)44-36-27-31-42(32-28-36)46(39-17-9-3-10-18-39)40-19-11-4-12-20-40;1-20(27)21-12-14-22(15-13-21)28-23-16-18-26(19-17-23)29(24-8-4-2-5-9-24)25-10-6-3-7-11-25;26-25(27,28)23-13-7-8-14-24(23)29-19-15-17-22(18-16-19)30(20-9-3-1-4-10-20)21-11-5-2-6-12-21/h1-32H;2-19H,1H3;1-18H/q+2;2*+1. The second-order valence-corrected chi connectivity index (χ2v) is 35.1. The minimum Gasteiger partial charge on any atom is -0.457 e. The first-order valence-electron chi connectivity index (χ1n) is 33.9. The van der Waals surface area contributed by atoms with Crippen molar-refractivity contribution in [2.75, 3.05) is 0 Å². The monoisotopic (exact) mass is 1500 g/mol. The number of carbonyl (C=O) groups excluding carboxylic acids is 1. The Morgan fingerprint density at radius 1 is 0.248 bits per heavy atom. The third kappa shape index (κ3) is 20.1. The molecule has 0 saturated heterocycles. The number of ketones is 1. The smallest absolute Gasteiger partial charge is 0.417 e. The highest BCUT2D eigenvalue weighted by atomic mass is 32.2. The molecule has 0 unspecified atom stereocenters. The van der Waals surface area contributed by atoms with Crippen LogP contribution in [0.25, 0.3) is 0 Å². The summed E-state index contributed by atoms with van der Waals surface area (Å²) in [5.41, 5.74) is 0.0786. The average Bonchev–Trinajstić information content (AvgIpc) is 0.839. The van der Waals surface area contributed by atoms with Gasteiger partial charge < -0.3 is 4.74 Å². The normalized spacial score (nSPS) is 11.2. The summed E-state index contributed by atoms with van der Waals surface area (Å²) in [5.74, 6) is 1.54. The third-order valence-electron chi connectivity index (χ3n) is 16.3. The fraction of sp³-hybridized carbons (Fsp3) is 0.0215. The van der Waals surface area contributed by atoms with E-state index in [1.165, 1.54) is 85.6 Å². The lowest BCUT2D eigenvalue weighted by Gasteiger charge is -2.12. The number of hydrogen-bond donors (Lipinski definition) is 0. The van der Waals surface area contributed by atoms with Gasteiger partial charge in [0.05, 0.1) is 49.1 Å². The number of halogens is 3. The van der Waals surface area contributed by atoms with Crippen molar-refractivity contribution in [2.24, 2.45) is 0 Å². The summed E-state index contributed by atoms with van der Waals surface area (Å²) in [6.45, 7) is 1.56. The Morgan fingerprint density at radius 2 is 0.448 bits per heavy atom. The zero-order valence-electron chi connectivity index (χ0n) is 57.1. The van der Waals surface area contributed by atoms with Crippen LogP contribution < -0.4 is 4.74 Å². The van der Waals surface area contributed by atoms with Crippen molar-refractivity contribution >= 4 is 84.6 Å². The van der Waals surface area contributed by atoms with Crippen molar-refractivity contribution in [1.82, 2.24) is 0 Å². The van der Waals surface area contributed by atoms with E-state index in [0.717, 1.165) is 33.4 Å². The van der Waals surface area contributed by atoms with Crippen LogP contribution in [0, 0.1) is 0 Å². The fourth-order valence-corrected chi connectivity index (χ4v) is 22.3. The first kappa shape index (κ1) is 73.3. The molecule has 0 atom stereocenters. The number of alkyl halides is 3. The van der Waals surface area contributed by atoms with Crippen molar-refractivity contribution in [3.8, 4) is 11.5 Å². The Labute approximate surface area is 638 Å². The zero-order valence-corrected chi connectivity index (χ0v) is 62.8. The molecule has 0 aliphatic heterocycles. The molecule has 0 spiro atoms. The lowest BCUT2D eigenvalue weighted by atomic mass is 10.1. The van der Waals surface area contributed by atoms with Crippen molar-refractivity contribution in [1.29, 1.82) is 0 Å². The summed E-state index contributed by atoms with van der Waals surface area (Å²) in [5, 5.41) is 0. The molecule has 0 radical (unpaired) electrons. The Balaban J connectivity index is 0.000000146. The van der Waals surface area contributed by atoms with E-state index in [2.05, 4.69) is 279 Å². The fourth-order valence-electron chi connectivity index (χ4n) is 11.3. The molecular formula is C93H71F3O2S7+4. The van der Waals surface area contributed by atoms with E-state index in [9.17, 15) is 18.0 Å². The van der Waals surface area contributed by atoms with Crippen LogP contribution in [0.4, 0.5) is 13.2 Å². The van der Waals surface area contributed by atoms with Gasteiger partial charge in [-0.2, -0.15) is 13.2 Å². The van der Waals surface area contributed by atoms with Gasteiger partial charge in [0.2, 0.25) is 0 Å². The van der Waals surface area contributed by atoms with Gasteiger partial charge in [-0.25, -0.2) is 0 Å². The van der Waals surface area contributed by atoms with Gasteiger partial charge in [-0.1, -0.05) is 193 Å². The molecule has 12 heteroatoms. The van der Waals surface area contributed by atoms with Crippen LogP contribution in [0.1, 0.15) is 22.8 Å². The molecular weight excluding hydrogens is 1430 g/mol. The molecule has 2 nitrogen and oxygen atoms in total. The lowest BCUT2D eigenvalue weighted by molar-refractivity contribution is -0.139. The SMILES string of the molecule is CC(=O)c1ccc(Oc2ccc([S+](c3ccccc3)c3ccccc3)cc2)cc1.FC(F)(F)c1ccccc1Sc1ccc([S+](c2ccccc2)c2ccccc2)cc1.c1ccc([S+](c2ccccc2)c2ccc(Sc3ccc(Sc4ccc([S+](c5ccccc5)c5ccccc5)cc4)cc3)cc2)cc1. The van der Waals surface area contributed by atoms with Gasteiger partial charge in [-0.05, 0) is 262 Å². The molecule has 0 N–H and O–H groups in total. The molecule has 15 aromatic rings. The van der Waals surface area contributed by atoms with Gasteiger partial charge in [0.15, 0.2) is 64.5 Å². The first-order chi connectivity index (χ1) is 51.5. The molecule has 15 rings (SSSR count). The highest BCUT2D eigenvalue weighted by Crippen LogP contribution is 2.42.